The molecule has 0 aliphatic rings. The molecule has 0 radical (unpaired) electrons. The molecular formula is C18H21NO4. The van der Waals surface area contributed by atoms with E-state index in [1.54, 1.807) is 0 Å². The van der Waals surface area contributed by atoms with Crippen molar-refractivity contribution in [1.29, 1.82) is 0 Å². The molecule has 0 saturated heterocycles. The lowest BCUT2D eigenvalue weighted by Crippen LogP contribution is -2.29. The highest BCUT2D eigenvalue weighted by atomic mass is 16.6. The maximum Gasteiger partial charge on any atom is 0.329 e. The number of hydroxylamine groups is 1. The second-order valence-corrected chi connectivity index (χ2v) is 5.03. The third-order valence-electron chi connectivity index (χ3n) is 3.52. The van der Waals surface area contributed by atoms with Crippen LogP contribution >= 0.6 is 0 Å². The van der Waals surface area contributed by atoms with Crippen molar-refractivity contribution in [2.75, 3.05) is 14.2 Å². The minimum Gasteiger partial charge on any atom is -0.489 e. The van der Waals surface area contributed by atoms with Crippen molar-refractivity contribution >= 4 is 5.97 Å². The molecule has 5 nitrogen and oxygen atoms in total. The summed E-state index contributed by atoms with van der Waals surface area (Å²) in [7, 11) is 2.81. The van der Waals surface area contributed by atoms with Gasteiger partial charge in [-0.25, -0.2) is 4.79 Å². The highest BCUT2D eigenvalue weighted by Gasteiger charge is 2.23. The Morgan fingerprint density at radius 3 is 2.48 bits per heavy atom. The van der Waals surface area contributed by atoms with Crippen LogP contribution in [0.15, 0.2) is 48.5 Å². The van der Waals surface area contributed by atoms with Gasteiger partial charge in [0.25, 0.3) is 0 Å². The summed E-state index contributed by atoms with van der Waals surface area (Å²) in [5, 5.41) is 0. The molecule has 0 spiro atoms. The molecule has 2 rings (SSSR count). The standard InChI is InChI=1S/C18H21NO4/c1-13-8-4-7-11-16(13)23-12-14-9-5-6-10-15(14)17(19-22-3)18(20)21-2/h4-11,17,19H,12H2,1-3H3. The molecule has 1 unspecified atom stereocenters. The Kier molecular flexibility index (Phi) is 6.14. The molecule has 2 aromatic rings. The van der Waals surface area contributed by atoms with Gasteiger partial charge < -0.3 is 14.3 Å². The van der Waals surface area contributed by atoms with Crippen LogP contribution in [-0.4, -0.2) is 20.2 Å². The Morgan fingerprint density at radius 2 is 1.78 bits per heavy atom. The van der Waals surface area contributed by atoms with Gasteiger partial charge in [0, 0.05) is 0 Å². The van der Waals surface area contributed by atoms with E-state index in [0.717, 1.165) is 22.4 Å². The molecule has 0 heterocycles. The summed E-state index contributed by atoms with van der Waals surface area (Å²) in [5.41, 5.74) is 5.37. The van der Waals surface area contributed by atoms with Crippen LogP contribution in [0.1, 0.15) is 22.7 Å². The first-order chi connectivity index (χ1) is 11.2. The lowest BCUT2D eigenvalue weighted by atomic mass is 10.0. The van der Waals surface area contributed by atoms with Crippen molar-refractivity contribution in [2.45, 2.75) is 19.6 Å². The number of hydrogen-bond donors (Lipinski definition) is 1. The normalized spacial score (nSPS) is 11.8. The largest absolute Gasteiger partial charge is 0.489 e. The molecule has 0 fully saturated rings. The molecule has 0 amide bonds. The number of benzene rings is 2. The molecule has 1 atom stereocenters. The van der Waals surface area contributed by atoms with Crippen molar-refractivity contribution < 1.29 is 19.1 Å². The average molecular weight is 315 g/mol. The monoisotopic (exact) mass is 315 g/mol. The number of nitrogens with one attached hydrogen (secondary N) is 1. The zero-order valence-corrected chi connectivity index (χ0v) is 13.5. The van der Waals surface area contributed by atoms with Crippen LogP contribution in [0.25, 0.3) is 0 Å². The lowest BCUT2D eigenvalue weighted by Gasteiger charge is -2.19. The van der Waals surface area contributed by atoms with E-state index in [-0.39, 0.29) is 0 Å². The Balaban J connectivity index is 2.22. The van der Waals surface area contributed by atoms with Crippen molar-refractivity contribution in [3.63, 3.8) is 0 Å². The number of methoxy groups -OCH3 is 1. The number of rotatable bonds is 7. The maximum absolute atomic E-state index is 12.0. The zero-order chi connectivity index (χ0) is 16.7. The molecule has 0 bridgehead atoms. The van der Waals surface area contributed by atoms with E-state index in [9.17, 15) is 4.79 Å². The van der Waals surface area contributed by atoms with Crippen LogP contribution in [-0.2, 0) is 21.0 Å². The number of ether oxygens (including phenoxy) is 2. The molecule has 5 heteroatoms. The van der Waals surface area contributed by atoms with Crippen LogP contribution < -0.4 is 10.2 Å². The van der Waals surface area contributed by atoms with Gasteiger partial charge in [0.15, 0.2) is 6.04 Å². The Morgan fingerprint density at radius 1 is 1.09 bits per heavy atom. The first-order valence-electron chi connectivity index (χ1n) is 7.30. The molecular weight excluding hydrogens is 294 g/mol. The van der Waals surface area contributed by atoms with E-state index < -0.39 is 12.0 Å². The smallest absolute Gasteiger partial charge is 0.329 e. The van der Waals surface area contributed by atoms with Crippen LogP contribution in [0.4, 0.5) is 0 Å². The number of carbonyl (C=O) groups excluding carboxylic acids is 1. The Labute approximate surface area is 136 Å². The molecule has 0 saturated carbocycles. The number of esters is 1. The zero-order valence-electron chi connectivity index (χ0n) is 13.5. The van der Waals surface area contributed by atoms with Crippen molar-refractivity contribution in [3.05, 3.63) is 65.2 Å². The lowest BCUT2D eigenvalue weighted by molar-refractivity contribution is -0.147. The van der Waals surface area contributed by atoms with E-state index in [4.69, 9.17) is 14.3 Å². The minimum atomic E-state index is -0.707. The molecule has 0 aliphatic carbocycles. The highest BCUT2D eigenvalue weighted by Crippen LogP contribution is 2.23. The van der Waals surface area contributed by atoms with E-state index in [2.05, 4.69) is 5.48 Å². The van der Waals surface area contributed by atoms with Crippen molar-refractivity contribution in [3.8, 4) is 5.75 Å². The number of para-hydroxylation sites is 1. The third-order valence-corrected chi connectivity index (χ3v) is 3.52. The van der Waals surface area contributed by atoms with Gasteiger partial charge in [-0.15, -0.1) is 0 Å². The van der Waals surface area contributed by atoms with E-state index in [1.807, 2.05) is 55.5 Å². The predicted octanol–water partition coefficient (Wildman–Crippen LogP) is 2.94. The molecule has 0 aliphatic heterocycles. The van der Waals surface area contributed by atoms with Crippen LogP contribution in [0.2, 0.25) is 0 Å². The third kappa shape index (κ3) is 4.31. The predicted molar refractivity (Wildman–Crippen MR) is 86.9 cm³/mol. The summed E-state index contributed by atoms with van der Waals surface area (Å²) in [5.74, 6) is 0.395. The summed E-state index contributed by atoms with van der Waals surface area (Å²) in [4.78, 5) is 16.9. The van der Waals surface area contributed by atoms with Gasteiger partial charge in [0.05, 0.1) is 14.2 Å². The topological polar surface area (TPSA) is 56.8 Å². The Bertz CT molecular complexity index is 657. The molecule has 1 N–H and O–H groups in total. The summed E-state index contributed by atoms with van der Waals surface area (Å²) in [6, 6.07) is 14.6. The van der Waals surface area contributed by atoms with Gasteiger partial charge in [0.1, 0.15) is 12.4 Å². The fraction of sp³-hybridized carbons (Fsp3) is 0.278. The fourth-order valence-corrected chi connectivity index (χ4v) is 2.30. The van der Waals surface area contributed by atoms with E-state index in [0.29, 0.717) is 6.61 Å². The van der Waals surface area contributed by atoms with Crippen LogP contribution in [0, 0.1) is 6.92 Å². The molecule has 2 aromatic carbocycles. The number of aryl methyl sites for hydroxylation is 1. The fourth-order valence-electron chi connectivity index (χ4n) is 2.30. The second kappa shape index (κ2) is 8.31. The molecule has 23 heavy (non-hydrogen) atoms. The van der Waals surface area contributed by atoms with Crippen molar-refractivity contribution in [2.24, 2.45) is 0 Å². The maximum atomic E-state index is 12.0. The highest BCUT2D eigenvalue weighted by molar-refractivity contribution is 5.77. The summed E-state index contributed by atoms with van der Waals surface area (Å²) >= 11 is 0. The van der Waals surface area contributed by atoms with Gasteiger partial charge >= 0.3 is 5.97 Å². The van der Waals surface area contributed by atoms with Gasteiger partial charge in [-0.3, -0.25) is 0 Å². The summed E-state index contributed by atoms with van der Waals surface area (Å²) in [6.07, 6.45) is 0. The first-order valence-corrected chi connectivity index (χ1v) is 7.30. The minimum absolute atomic E-state index is 0.347. The van der Waals surface area contributed by atoms with E-state index >= 15 is 0 Å². The van der Waals surface area contributed by atoms with Gasteiger partial charge in [-0.2, -0.15) is 5.48 Å². The average Bonchev–Trinajstić information content (AvgIpc) is 2.59. The SMILES string of the molecule is CONC(C(=O)OC)c1ccccc1COc1ccccc1C. The Hall–Kier alpha value is -2.37. The van der Waals surface area contributed by atoms with Gasteiger partial charge in [-0.05, 0) is 29.7 Å². The van der Waals surface area contributed by atoms with E-state index in [1.165, 1.54) is 14.2 Å². The first kappa shape index (κ1) is 17.0. The van der Waals surface area contributed by atoms with Crippen LogP contribution in [0.3, 0.4) is 0 Å². The van der Waals surface area contributed by atoms with Gasteiger partial charge in [-0.1, -0.05) is 42.5 Å². The molecule has 122 valence electrons. The van der Waals surface area contributed by atoms with Crippen molar-refractivity contribution in [1.82, 2.24) is 5.48 Å². The summed E-state index contributed by atoms with van der Waals surface area (Å²) < 4.78 is 10.7. The number of carbonyl (C=O) groups is 1. The summed E-state index contributed by atoms with van der Waals surface area (Å²) in [6.45, 7) is 2.34. The van der Waals surface area contributed by atoms with Crippen LogP contribution in [0.5, 0.6) is 5.75 Å². The number of hydrogen-bond acceptors (Lipinski definition) is 5. The molecule has 0 aromatic heterocycles. The second-order valence-electron chi connectivity index (χ2n) is 5.03. The van der Waals surface area contributed by atoms with Gasteiger partial charge in [0.2, 0.25) is 0 Å². The quantitative estimate of drug-likeness (QED) is 0.629.